The second kappa shape index (κ2) is 8.92. The maximum Gasteiger partial charge on any atom is 0.332 e. The molecule has 0 radical (unpaired) electrons. The number of aromatic amines is 1. The van der Waals surface area contributed by atoms with Crippen molar-refractivity contribution in [2.45, 2.75) is 64.6 Å². The Balaban J connectivity index is 1.54. The number of H-pyrrole nitrogens is 1. The zero-order valence-electron chi connectivity index (χ0n) is 18.4. The van der Waals surface area contributed by atoms with Crippen molar-refractivity contribution in [2.75, 3.05) is 0 Å². The molecule has 1 aromatic carbocycles. The van der Waals surface area contributed by atoms with Crippen LogP contribution in [0.3, 0.4) is 0 Å². The third kappa shape index (κ3) is 4.60. The summed E-state index contributed by atoms with van der Waals surface area (Å²) in [6.07, 6.45) is 2.61. The molecule has 0 unspecified atom stereocenters. The van der Waals surface area contributed by atoms with E-state index in [0.29, 0.717) is 17.9 Å². The van der Waals surface area contributed by atoms with Crippen LogP contribution in [0, 0.1) is 5.82 Å². The fraction of sp³-hybridized carbons (Fsp3) is 0.435. The van der Waals surface area contributed by atoms with Gasteiger partial charge in [0.2, 0.25) is 5.92 Å². The van der Waals surface area contributed by atoms with Crippen molar-refractivity contribution < 1.29 is 17.9 Å². The average Bonchev–Trinajstić information content (AvgIpc) is 3.20. The SMILES string of the molecule is CCn1c(=O)c2[nH]c(/C=C/c3ccc(OC4CCC(F)(F)CC4)c(F)c3)nc2n(CC)c1=O. The van der Waals surface area contributed by atoms with Crippen molar-refractivity contribution in [3.8, 4) is 5.75 Å². The van der Waals surface area contributed by atoms with E-state index in [4.69, 9.17) is 4.74 Å². The number of aryl methyl sites for hydroxylation is 1. The van der Waals surface area contributed by atoms with Gasteiger partial charge in [-0.3, -0.25) is 13.9 Å². The Morgan fingerprint density at radius 3 is 2.48 bits per heavy atom. The standard InChI is InChI=1S/C23H25F3N4O3/c1-3-29-20-19(21(31)30(4-2)22(29)32)27-18(28-20)8-6-14-5-7-17(16(24)13-14)33-15-9-11-23(25,26)12-10-15/h5-8,13,15H,3-4,9-12H2,1-2H3,(H,27,28)/b8-6+. The number of imidazole rings is 1. The third-order valence-electron chi connectivity index (χ3n) is 5.86. The van der Waals surface area contributed by atoms with Gasteiger partial charge in [-0.15, -0.1) is 0 Å². The van der Waals surface area contributed by atoms with Gasteiger partial charge in [-0.2, -0.15) is 0 Å². The largest absolute Gasteiger partial charge is 0.487 e. The molecule has 0 atom stereocenters. The smallest absolute Gasteiger partial charge is 0.332 e. The molecule has 1 saturated carbocycles. The van der Waals surface area contributed by atoms with Gasteiger partial charge in [0.25, 0.3) is 5.56 Å². The van der Waals surface area contributed by atoms with Gasteiger partial charge < -0.3 is 9.72 Å². The zero-order valence-corrected chi connectivity index (χ0v) is 18.4. The van der Waals surface area contributed by atoms with Crippen molar-refractivity contribution >= 4 is 23.3 Å². The summed E-state index contributed by atoms with van der Waals surface area (Å²) >= 11 is 0. The predicted octanol–water partition coefficient (Wildman–Crippen LogP) is 4.19. The number of hydrogen-bond acceptors (Lipinski definition) is 4. The van der Waals surface area contributed by atoms with Gasteiger partial charge in [0, 0.05) is 25.9 Å². The molecular formula is C23H25F3N4O3. The molecule has 1 N–H and O–H groups in total. The molecular weight excluding hydrogens is 437 g/mol. The van der Waals surface area contributed by atoms with Crippen molar-refractivity contribution in [1.82, 2.24) is 19.1 Å². The van der Waals surface area contributed by atoms with E-state index >= 15 is 0 Å². The second-order valence-electron chi connectivity index (χ2n) is 8.09. The van der Waals surface area contributed by atoms with Crippen LogP contribution in [0.5, 0.6) is 5.75 Å². The Labute approximate surface area is 187 Å². The van der Waals surface area contributed by atoms with Crippen molar-refractivity contribution in [3.63, 3.8) is 0 Å². The summed E-state index contributed by atoms with van der Waals surface area (Å²) in [5.74, 6) is -2.89. The Morgan fingerprint density at radius 1 is 1.15 bits per heavy atom. The molecule has 1 fully saturated rings. The highest BCUT2D eigenvalue weighted by molar-refractivity contribution is 5.75. The van der Waals surface area contributed by atoms with E-state index < -0.39 is 29.1 Å². The highest BCUT2D eigenvalue weighted by atomic mass is 19.3. The van der Waals surface area contributed by atoms with Gasteiger partial charge in [-0.05, 0) is 50.5 Å². The quantitative estimate of drug-likeness (QED) is 0.596. The summed E-state index contributed by atoms with van der Waals surface area (Å²) < 4.78 is 49.2. The number of nitrogens with one attached hydrogen (secondary N) is 1. The van der Waals surface area contributed by atoms with Gasteiger partial charge >= 0.3 is 5.69 Å². The van der Waals surface area contributed by atoms with Crippen LogP contribution >= 0.6 is 0 Å². The number of alkyl halides is 2. The van der Waals surface area contributed by atoms with Crippen LogP contribution in [0.1, 0.15) is 50.9 Å². The van der Waals surface area contributed by atoms with Crippen LogP contribution in [0.15, 0.2) is 27.8 Å². The van der Waals surface area contributed by atoms with Crippen LogP contribution in [0.2, 0.25) is 0 Å². The number of aromatic nitrogens is 4. The van der Waals surface area contributed by atoms with Crippen LogP contribution < -0.4 is 16.0 Å². The van der Waals surface area contributed by atoms with Crippen LogP contribution in [0.4, 0.5) is 13.2 Å². The maximum absolute atomic E-state index is 14.5. The lowest BCUT2D eigenvalue weighted by Crippen LogP contribution is -2.39. The lowest BCUT2D eigenvalue weighted by Gasteiger charge is -2.28. The molecule has 0 aliphatic heterocycles. The van der Waals surface area contributed by atoms with E-state index in [-0.39, 0.29) is 49.1 Å². The molecule has 1 aliphatic carbocycles. The van der Waals surface area contributed by atoms with Crippen molar-refractivity contribution in [1.29, 1.82) is 0 Å². The van der Waals surface area contributed by atoms with Gasteiger partial charge in [-0.1, -0.05) is 12.1 Å². The summed E-state index contributed by atoms with van der Waals surface area (Å²) in [5, 5.41) is 0. The van der Waals surface area contributed by atoms with E-state index in [9.17, 15) is 22.8 Å². The monoisotopic (exact) mass is 462 g/mol. The fourth-order valence-corrected chi connectivity index (χ4v) is 4.03. The normalized spacial score (nSPS) is 16.6. The lowest BCUT2D eigenvalue weighted by molar-refractivity contribution is -0.0586. The molecule has 7 nitrogen and oxygen atoms in total. The highest BCUT2D eigenvalue weighted by Gasteiger charge is 2.35. The van der Waals surface area contributed by atoms with E-state index in [1.54, 1.807) is 32.1 Å². The second-order valence-corrected chi connectivity index (χ2v) is 8.09. The Bertz CT molecular complexity index is 1310. The topological polar surface area (TPSA) is 81.9 Å². The summed E-state index contributed by atoms with van der Waals surface area (Å²) in [6.45, 7) is 4.11. The number of halogens is 3. The zero-order chi connectivity index (χ0) is 23.8. The molecule has 1 aliphatic rings. The van der Waals surface area contributed by atoms with Gasteiger partial charge in [0.1, 0.15) is 11.3 Å². The van der Waals surface area contributed by atoms with Crippen LogP contribution in [-0.2, 0) is 13.1 Å². The average molecular weight is 462 g/mol. The maximum atomic E-state index is 14.5. The molecule has 2 aromatic heterocycles. The highest BCUT2D eigenvalue weighted by Crippen LogP contribution is 2.35. The summed E-state index contributed by atoms with van der Waals surface area (Å²) in [6, 6.07) is 4.38. The number of benzene rings is 1. The number of hydrogen-bond donors (Lipinski definition) is 1. The molecule has 3 aromatic rings. The van der Waals surface area contributed by atoms with Gasteiger partial charge in [-0.25, -0.2) is 22.9 Å². The molecule has 2 heterocycles. The van der Waals surface area contributed by atoms with E-state index in [1.807, 2.05) is 0 Å². The Morgan fingerprint density at radius 2 is 1.85 bits per heavy atom. The van der Waals surface area contributed by atoms with Gasteiger partial charge in [0.15, 0.2) is 17.2 Å². The van der Waals surface area contributed by atoms with E-state index in [1.165, 1.54) is 16.7 Å². The molecule has 0 amide bonds. The molecule has 4 rings (SSSR count). The molecule has 0 spiro atoms. The Hall–Kier alpha value is -3.30. The number of nitrogens with zero attached hydrogens (tertiary/aromatic N) is 3. The van der Waals surface area contributed by atoms with E-state index in [2.05, 4.69) is 9.97 Å². The fourth-order valence-electron chi connectivity index (χ4n) is 4.03. The van der Waals surface area contributed by atoms with Gasteiger partial charge in [0.05, 0.1) is 6.10 Å². The first-order valence-corrected chi connectivity index (χ1v) is 11.0. The first kappa shape index (κ1) is 22.9. The minimum atomic E-state index is -2.67. The molecule has 0 saturated heterocycles. The molecule has 0 bridgehead atoms. The summed E-state index contributed by atoms with van der Waals surface area (Å²) in [5.41, 5.74) is 0.159. The van der Waals surface area contributed by atoms with Crippen LogP contribution in [0.25, 0.3) is 23.3 Å². The molecule has 176 valence electrons. The third-order valence-corrected chi connectivity index (χ3v) is 5.86. The van der Waals surface area contributed by atoms with Crippen molar-refractivity contribution in [3.05, 3.63) is 56.2 Å². The molecule has 33 heavy (non-hydrogen) atoms. The number of fused-ring (bicyclic) bond motifs is 1. The number of rotatable bonds is 6. The summed E-state index contributed by atoms with van der Waals surface area (Å²) in [7, 11) is 0. The lowest BCUT2D eigenvalue weighted by atomic mass is 9.94. The van der Waals surface area contributed by atoms with Crippen LogP contribution in [-0.4, -0.2) is 31.1 Å². The minimum absolute atomic E-state index is 0.0261. The van der Waals surface area contributed by atoms with Crippen molar-refractivity contribution in [2.24, 2.45) is 0 Å². The Kier molecular flexibility index (Phi) is 6.18. The first-order valence-electron chi connectivity index (χ1n) is 11.0. The van der Waals surface area contributed by atoms with E-state index in [0.717, 1.165) is 4.57 Å². The first-order chi connectivity index (χ1) is 15.7. The predicted molar refractivity (Wildman–Crippen MR) is 119 cm³/mol. The minimum Gasteiger partial charge on any atom is -0.487 e. The number of ether oxygens (including phenoxy) is 1. The molecule has 10 heteroatoms. The summed E-state index contributed by atoms with van der Waals surface area (Å²) in [4.78, 5) is 32.3.